The van der Waals surface area contributed by atoms with Gasteiger partial charge in [0.1, 0.15) is 0 Å². The maximum atomic E-state index is 4.82. The number of aromatic nitrogens is 1. The summed E-state index contributed by atoms with van der Waals surface area (Å²) >= 11 is 0. The third-order valence-electron chi connectivity index (χ3n) is 12.1. The van der Waals surface area contributed by atoms with Crippen LogP contribution in [0.15, 0.2) is 242 Å². The molecule has 0 amide bonds. The van der Waals surface area contributed by atoms with E-state index in [0.717, 1.165) is 54.1 Å². The lowest BCUT2D eigenvalue weighted by Crippen LogP contribution is -2.15. The van der Waals surface area contributed by atoms with Crippen molar-refractivity contribution in [3.63, 3.8) is 0 Å². The lowest BCUT2D eigenvalue weighted by atomic mass is 9.79. The summed E-state index contributed by atoms with van der Waals surface area (Å²) in [4.78, 5) is 2.32. The van der Waals surface area contributed by atoms with Crippen LogP contribution in [0.25, 0.3) is 49.8 Å². The fourth-order valence-electron chi connectivity index (χ4n) is 9.09. The molecule has 0 saturated carbocycles. The molecule has 2 nitrogen and oxygen atoms in total. The van der Waals surface area contributed by atoms with Gasteiger partial charge in [0.25, 0.3) is 0 Å². The third-order valence-corrected chi connectivity index (χ3v) is 12.1. The number of hydrogen-bond acceptors (Lipinski definition) is 1. The van der Waals surface area contributed by atoms with Crippen molar-refractivity contribution in [2.45, 2.75) is 32.6 Å². The van der Waals surface area contributed by atoms with Crippen molar-refractivity contribution in [2.24, 2.45) is 5.92 Å². The van der Waals surface area contributed by atoms with Crippen LogP contribution >= 0.6 is 0 Å². The fraction of sp³-hybridized carbons (Fsp3) is 0.100. The van der Waals surface area contributed by atoms with Gasteiger partial charge in [0.05, 0.1) is 11.2 Å². The number of fused-ring (bicyclic) bond motifs is 3. The molecule has 9 rings (SSSR count). The average Bonchev–Trinajstić information content (AvgIpc) is 3.69. The Morgan fingerprint density at radius 2 is 1.50 bits per heavy atom. The van der Waals surface area contributed by atoms with E-state index in [1.54, 1.807) is 0 Å². The van der Waals surface area contributed by atoms with Crippen LogP contribution in [-0.4, -0.2) is 4.57 Å². The summed E-state index contributed by atoms with van der Waals surface area (Å²) in [6, 6.07) is 48.4. The van der Waals surface area contributed by atoms with Crippen molar-refractivity contribution in [2.75, 3.05) is 4.90 Å². The van der Waals surface area contributed by atoms with Gasteiger partial charge in [-0.05, 0) is 131 Å². The zero-order valence-corrected chi connectivity index (χ0v) is 35.5. The minimum Gasteiger partial charge on any atom is -0.311 e. The summed E-state index contributed by atoms with van der Waals surface area (Å²) in [7, 11) is 0. The summed E-state index contributed by atoms with van der Waals surface area (Å²) in [6.45, 7) is 11.0. The van der Waals surface area contributed by atoms with Crippen molar-refractivity contribution in [3.05, 3.63) is 259 Å². The molecule has 2 aliphatic carbocycles. The molecule has 0 aliphatic heterocycles. The van der Waals surface area contributed by atoms with Gasteiger partial charge in [-0.25, -0.2) is 0 Å². The van der Waals surface area contributed by atoms with Crippen LogP contribution < -0.4 is 4.90 Å². The first-order chi connectivity index (χ1) is 30.6. The monoisotopic (exact) mass is 800 g/mol. The maximum Gasteiger partial charge on any atom is 0.0540 e. The highest BCUT2D eigenvalue weighted by Gasteiger charge is 2.23. The van der Waals surface area contributed by atoms with Gasteiger partial charge in [-0.1, -0.05) is 177 Å². The predicted molar refractivity (Wildman–Crippen MR) is 269 cm³/mol. The molecule has 7 aromatic rings. The molecule has 1 heterocycles. The van der Waals surface area contributed by atoms with E-state index in [4.69, 9.17) is 6.58 Å². The smallest absolute Gasteiger partial charge is 0.0540 e. The number of nitrogens with zero attached hydrogens (tertiary/aromatic N) is 2. The number of benzene rings is 6. The molecule has 1 atom stereocenters. The molecule has 0 fully saturated rings. The Labute approximate surface area is 366 Å². The SMILES string of the molecule is C=C/C=C\C=C/C/C(=C(\C1=CCCC=C1)C1C=CC=CC1)c1cc(N(C(=C)/C=C\c2cc3ccccc3n2-c2cccc3ccccc23)c2ccc3ccccc3c2)ccc1C. The fourth-order valence-corrected chi connectivity index (χ4v) is 9.09. The van der Waals surface area contributed by atoms with Crippen LogP contribution in [0.5, 0.6) is 0 Å². The number of para-hydroxylation sites is 1. The predicted octanol–water partition coefficient (Wildman–Crippen LogP) is 16.5. The van der Waals surface area contributed by atoms with Crippen LogP contribution in [0.4, 0.5) is 11.4 Å². The van der Waals surface area contributed by atoms with Crippen LogP contribution in [0, 0.1) is 12.8 Å². The summed E-state index contributed by atoms with van der Waals surface area (Å²) in [5.74, 6) is 0.271. The molecule has 0 bridgehead atoms. The van der Waals surface area contributed by atoms with E-state index in [1.165, 1.54) is 60.3 Å². The summed E-state index contributed by atoms with van der Waals surface area (Å²) in [5.41, 5.74) is 12.9. The maximum absolute atomic E-state index is 4.82. The largest absolute Gasteiger partial charge is 0.311 e. The van der Waals surface area contributed by atoms with E-state index in [9.17, 15) is 0 Å². The molecule has 6 aromatic carbocycles. The minimum absolute atomic E-state index is 0.271. The summed E-state index contributed by atoms with van der Waals surface area (Å²) in [6.07, 6.45) is 34.8. The first kappa shape index (κ1) is 40.0. The third kappa shape index (κ3) is 8.33. The number of anilines is 2. The molecule has 0 spiro atoms. The molecule has 0 radical (unpaired) electrons. The van der Waals surface area contributed by atoms with E-state index < -0.39 is 0 Å². The van der Waals surface area contributed by atoms with Crippen molar-refractivity contribution in [1.82, 2.24) is 4.57 Å². The van der Waals surface area contributed by atoms with E-state index in [-0.39, 0.29) is 5.92 Å². The number of rotatable bonds is 13. The Morgan fingerprint density at radius 3 is 2.32 bits per heavy atom. The van der Waals surface area contributed by atoms with Gasteiger partial charge in [-0.15, -0.1) is 0 Å². The van der Waals surface area contributed by atoms with Gasteiger partial charge in [-0.2, -0.15) is 0 Å². The van der Waals surface area contributed by atoms with Gasteiger partial charge in [0, 0.05) is 39.5 Å². The second-order valence-electron chi connectivity index (χ2n) is 16.1. The zero-order valence-electron chi connectivity index (χ0n) is 35.5. The molecule has 62 heavy (non-hydrogen) atoms. The van der Waals surface area contributed by atoms with Crippen molar-refractivity contribution in [3.8, 4) is 5.69 Å². The molecule has 0 saturated heterocycles. The van der Waals surface area contributed by atoms with E-state index >= 15 is 0 Å². The highest BCUT2D eigenvalue weighted by atomic mass is 15.1. The lowest BCUT2D eigenvalue weighted by Gasteiger charge is -2.29. The van der Waals surface area contributed by atoms with Gasteiger partial charge in [0.15, 0.2) is 0 Å². The first-order valence-electron chi connectivity index (χ1n) is 21.8. The molecule has 1 aromatic heterocycles. The normalized spacial score (nSPS) is 15.6. The summed E-state index contributed by atoms with van der Waals surface area (Å²) < 4.78 is 2.38. The van der Waals surface area contributed by atoms with Crippen LogP contribution in [0.1, 0.15) is 42.5 Å². The Kier molecular flexibility index (Phi) is 11.9. The molecule has 0 N–H and O–H groups in total. The number of allylic oxidation sites excluding steroid dienone is 16. The standard InChI is InChI=1S/C60H52N2/c1-4-5-6-7-14-32-56(60(48-24-10-8-11-25-48)49-26-12-9-13-27-49)57-43-54(38-35-44(57)2)61(52-40-37-46-22-15-16-28-50(46)41-52)45(3)36-39-53-42-51-29-18-20-33-58(51)62(53)59-34-21-30-47-23-17-19-31-55(47)59/h4-8,10-12,14-24,26-31,33-43,48H,1,3,9,13,25,32H2,2H3/b6-5-,14-7-,39-36-,60-56+. The number of hydrogen-bond donors (Lipinski definition) is 0. The van der Waals surface area contributed by atoms with Crippen molar-refractivity contribution < 1.29 is 0 Å². The second-order valence-corrected chi connectivity index (χ2v) is 16.1. The molecule has 302 valence electrons. The second kappa shape index (κ2) is 18.5. The highest BCUT2D eigenvalue weighted by Crippen LogP contribution is 2.42. The van der Waals surface area contributed by atoms with Crippen LogP contribution in [-0.2, 0) is 0 Å². The van der Waals surface area contributed by atoms with Crippen molar-refractivity contribution >= 4 is 55.5 Å². The van der Waals surface area contributed by atoms with E-state index in [1.807, 2.05) is 12.2 Å². The van der Waals surface area contributed by atoms with Crippen molar-refractivity contribution in [1.29, 1.82) is 0 Å². The van der Waals surface area contributed by atoms with Crippen LogP contribution in [0.2, 0.25) is 0 Å². The highest BCUT2D eigenvalue weighted by molar-refractivity contribution is 5.95. The number of aryl methyl sites for hydroxylation is 1. The van der Waals surface area contributed by atoms with Gasteiger partial charge >= 0.3 is 0 Å². The molecular weight excluding hydrogens is 749 g/mol. The minimum atomic E-state index is 0.271. The zero-order chi connectivity index (χ0) is 42.3. The molecular formula is C60H52N2. The molecule has 1 unspecified atom stereocenters. The molecule has 2 heteroatoms. The van der Waals surface area contributed by atoms with Gasteiger partial charge in [0.2, 0.25) is 0 Å². The van der Waals surface area contributed by atoms with Gasteiger partial charge in [-0.3, -0.25) is 0 Å². The lowest BCUT2D eigenvalue weighted by molar-refractivity contribution is 0.775. The van der Waals surface area contributed by atoms with E-state index in [0.29, 0.717) is 0 Å². The topological polar surface area (TPSA) is 8.17 Å². The quantitative estimate of drug-likeness (QED) is 0.105. The van der Waals surface area contributed by atoms with E-state index in [2.05, 4.69) is 229 Å². The Hall–Kier alpha value is -7.42. The Balaban J connectivity index is 1.20. The Bertz CT molecular complexity index is 3070. The van der Waals surface area contributed by atoms with Gasteiger partial charge < -0.3 is 9.47 Å². The Morgan fingerprint density at radius 1 is 0.726 bits per heavy atom. The van der Waals surface area contributed by atoms with Crippen LogP contribution in [0.3, 0.4) is 0 Å². The first-order valence-corrected chi connectivity index (χ1v) is 21.8. The average molecular weight is 801 g/mol. The summed E-state index contributed by atoms with van der Waals surface area (Å²) in [5, 5.41) is 6.01. The molecule has 2 aliphatic rings.